The van der Waals surface area contributed by atoms with Crippen LogP contribution in [0, 0.1) is 18.8 Å². The average Bonchev–Trinajstić information content (AvgIpc) is 2.84. The highest BCUT2D eigenvalue weighted by Crippen LogP contribution is 2.16. The Morgan fingerprint density at radius 3 is 2.63 bits per heavy atom. The van der Waals surface area contributed by atoms with Crippen molar-refractivity contribution in [2.45, 2.75) is 6.92 Å². The molecule has 0 aliphatic rings. The van der Waals surface area contributed by atoms with E-state index in [1.54, 1.807) is 0 Å². The quantitative estimate of drug-likeness (QED) is 0.824. The van der Waals surface area contributed by atoms with E-state index in [-0.39, 0.29) is 5.91 Å². The normalized spacial score (nSPS) is 9.58. The molecule has 1 aromatic heterocycles. The van der Waals surface area contributed by atoms with Crippen LogP contribution in [0.2, 0.25) is 0 Å². The first-order chi connectivity index (χ1) is 9.20. The standard InChI is InChI=1S/C15H14N2OS/c1-11-9-19-10-14(11)15(18)17-13-6-4-12(5-7-13)3-2-8-16/h4-7,9-10H,8,16H2,1H3,(H,17,18). The molecule has 0 radical (unpaired) electrons. The fourth-order valence-corrected chi connectivity index (χ4v) is 2.41. The zero-order chi connectivity index (χ0) is 13.7. The number of aryl methyl sites for hydroxylation is 1. The van der Waals surface area contributed by atoms with E-state index in [4.69, 9.17) is 5.73 Å². The maximum absolute atomic E-state index is 12.0. The van der Waals surface area contributed by atoms with Crippen LogP contribution in [0.15, 0.2) is 35.0 Å². The molecule has 4 heteroatoms. The van der Waals surface area contributed by atoms with E-state index in [0.29, 0.717) is 6.54 Å². The lowest BCUT2D eigenvalue weighted by Crippen LogP contribution is -2.11. The van der Waals surface area contributed by atoms with Gasteiger partial charge in [0.05, 0.1) is 12.1 Å². The molecule has 2 rings (SSSR count). The van der Waals surface area contributed by atoms with E-state index in [1.807, 2.05) is 41.9 Å². The summed E-state index contributed by atoms with van der Waals surface area (Å²) in [5, 5.41) is 6.67. The summed E-state index contributed by atoms with van der Waals surface area (Å²) in [5.41, 5.74) is 8.67. The van der Waals surface area contributed by atoms with Gasteiger partial charge in [-0.2, -0.15) is 11.3 Å². The van der Waals surface area contributed by atoms with Gasteiger partial charge in [-0.1, -0.05) is 11.8 Å². The fourth-order valence-electron chi connectivity index (χ4n) is 1.58. The van der Waals surface area contributed by atoms with Gasteiger partial charge >= 0.3 is 0 Å². The van der Waals surface area contributed by atoms with Crippen LogP contribution in [-0.2, 0) is 0 Å². The molecule has 0 bridgehead atoms. The van der Waals surface area contributed by atoms with E-state index >= 15 is 0 Å². The highest BCUT2D eigenvalue weighted by atomic mass is 32.1. The maximum Gasteiger partial charge on any atom is 0.256 e. The molecule has 0 aliphatic carbocycles. The Kier molecular flexibility index (Phi) is 4.35. The first-order valence-corrected chi connectivity index (χ1v) is 6.78. The lowest BCUT2D eigenvalue weighted by Gasteiger charge is -2.04. The number of nitrogens with two attached hydrogens (primary N) is 1. The number of hydrogen-bond acceptors (Lipinski definition) is 3. The molecule has 1 heterocycles. The molecule has 3 nitrogen and oxygen atoms in total. The number of carbonyl (C=O) groups excluding carboxylic acids is 1. The Labute approximate surface area is 116 Å². The molecule has 0 aliphatic heterocycles. The molecule has 0 saturated carbocycles. The number of carbonyl (C=O) groups is 1. The number of amides is 1. The van der Waals surface area contributed by atoms with Gasteiger partial charge in [-0.3, -0.25) is 4.79 Å². The molecule has 3 N–H and O–H groups in total. The minimum atomic E-state index is -0.0838. The van der Waals surface area contributed by atoms with Crippen LogP contribution in [-0.4, -0.2) is 12.5 Å². The van der Waals surface area contributed by atoms with Crippen molar-refractivity contribution in [1.82, 2.24) is 0 Å². The maximum atomic E-state index is 12.0. The van der Waals surface area contributed by atoms with E-state index in [0.717, 1.165) is 22.4 Å². The molecule has 0 unspecified atom stereocenters. The topological polar surface area (TPSA) is 55.1 Å². The Balaban J connectivity index is 2.08. The van der Waals surface area contributed by atoms with Gasteiger partial charge in [-0.15, -0.1) is 0 Å². The van der Waals surface area contributed by atoms with Crippen LogP contribution in [0.25, 0.3) is 0 Å². The van der Waals surface area contributed by atoms with Gasteiger partial charge < -0.3 is 11.1 Å². The average molecular weight is 270 g/mol. The molecule has 96 valence electrons. The highest BCUT2D eigenvalue weighted by molar-refractivity contribution is 7.08. The molecular weight excluding hydrogens is 256 g/mol. The summed E-state index contributed by atoms with van der Waals surface area (Å²) in [6.07, 6.45) is 0. The number of nitrogens with one attached hydrogen (secondary N) is 1. The predicted molar refractivity (Wildman–Crippen MR) is 79.4 cm³/mol. The van der Waals surface area contributed by atoms with E-state index < -0.39 is 0 Å². The molecule has 0 atom stereocenters. The monoisotopic (exact) mass is 270 g/mol. The van der Waals surface area contributed by atoms with Crippen molar-refractivity contribution in [2.24, 2.45) is 5.73 Å². The van der Waals surface area contributed by atoms with Crippen molar-refractivity contribution < 1.29 is 4.79 Å². The molecule has 0 saturated heterocycles. The van der Waals surface area contributed by atoms with E-state index in [1.165, 1.54) is 11.3 Å². The largest absolute Gasteiger partial charge is 0.322 e. The SMILES string of the molecule is Cc1cscc1C(=O)Nc1ccc(C#CCN)cc1. The third kappa shape index (κ3) is 3.44. The van der Waals surface area contributed by atoms with E-state index in [9.17, 15) is 4.79 Å². The summed E-state index contributed by atoms with van der Waals surface area (Å²) in [6, 6.07) is 7.39. The third-order valence-electron chi connectivity index (χ3n) is 2.58. The lowest BCUT2D eigenvalue weighted by molar-refractivity contribution is 0.102. The summed E-state index contributed by atoms with van der Waals surface area (Å²) in [6.45, 7) is 2.27. The van der Waals surface area contributed by atoms with Crippen LogP contribution in [0.3, 0.4) is 0 Å². The second kappa shape index (κ2) is 6.19. The number of thiophene rings is 1. The second-order valence-electron chi connectivity index (χ2n) is 4.01. The first-order valence-electron chi connectivity index (χ1n) is 5.84. The lowest BCUT2D eigenvalue weighted by atomic mass is 10.2. The fraction of sp³-hybridized carbons (Fsp3) is 0.133. The van der Waals surface area contributed by atoms with Crippen LogP contribution >= 0.6 is 11.3 Å². The molecule has 19 heavy (non-hydrogen) atoms. The van der Waals surface area contributed by atoms with Gasteiger partial charge in [0.2, 0.25) is 0 Å². The molecule has 2 aromatic rings. The Hall–Kier alpha value is -2.09. The second-order valence-corrected chi connectivity index (χ2v) is 4.75. The number of anilines is 1. The van der Waals surface area contributed by atoms with Crippen molar-refractivity contribution in [3.05, 3.63) is 51.7 Å². The van der Waals surface area contributed by atoms with Crippen LogP contribution < -0.4 is 11.1 Å². The zero-order valence-electron chi connectivity index (χ0n) is 10.6. The van der Waals surface area contributed by atoms with Crippen LogP contribution in [0.4, 0.5) is 5.69 Å². The summed E-state index contributed by atoms with van der Waals surface area (Å²) in [5.74, 6) is 5.64. The zero-order valence-corrected chi connectivity index (χ0v) is 11.4. The molecule has 0 spiro atoms. The number of hydrogen-bond donors (Lipinski definition) is 2. The minimum absolute atomic E-state index is 0.0838. The molecular formula is C15H14N2OS. The van der Waals surface area contributed by atoms with Gasteiger partial charge in [0.25, 0.3) is 5.91 Å². The van der Waals surface area contributed by atoms with Gasteiger partial charge in [0.1, 0.15) is 0 Å². The predicted octanol–water partition coefficient (Wildman–Crippen LogP) is 2.62. The van der Waals surface area contributed by atoms with E-state index in [2.05, 4.69) is 17.2 Å². The van der Waals surface area contributed by atoms with Crippen molar-refractivity contribution in [2.75, 3.05) is 11.9 Å². The van der Waals surface area contributed by atoms with Crippen molar-refractivity contribution in [3.8, 4) is 11.8 Å². The number of benzene rings is 1. The van der Waals surface area contributed by atoms with Gasteiger partial charge in [0.15, 0.2) is 0 Å². The Morgan fingerprint density at radius 1 is 1.32 bits per heavy atom. The molecule has 1 amide bonds. The summed E-state index contributed by atoms with van der Waals surface area (Å²) >= 11 is 1.53. The minimum Gasteiger partial charge on any atom is -0.322 e. The smallest absolute Gasteiger partial charge is 0.256 e. The molecule has 0 fully saturated rings. The first kappa shape index (κ1) is 13.3. The Morgan fingerprint density at radius 2 is 2.05 bits per heavy atom. The summed E-state index contributed by atoms with van der Waals surface area (Å²) in [7, 11) is 0. The summed E-state index contributed by atoms with van der Waals surface area (Å²) < 4.78 is 0. The highest BCUT2D eigenvalue weighted by Gasteiger charge is 2.09. The number of rotatable bonds is 2. The van der Waals surface area contributed by atoms with Crippen LogP contribution in [0.5, 0.6) is 0 Å². The van der Waals surface area contributed by atoms with Crippen LogP contribution in [0.1, 0.15) is 21.5 Å². The molecule has 1 aromatic carbocycles. The van der Waals surface area contributed by atoms with Crippen molar-refractivity contribution in [1.29, 1.82) is 0 Å². The van der Waals surface area contributed by atoms with Gasteiger partial charge in [0, 0.05) is 16.6 Å². The third-order valence-corrected chi connectivity index (χ3v) is 3.44. The van der Waals surface area contributed by atoms with Crippen molar-refractivity contribution in [3.63, 3.8) is 0 Å². The summed E-state index contributed by atoms with van der Waals surface area (Å²) in [4.78, 5) is 12.0. The van der Waals surface area contributed by atoms with Gasteiger partial charge in [-0.05, 0) is 42.1 Å². The Bertz CT molecular complexity index is 632. The van der Waals surface area contributed by atoms with Crippen molar-refractivity contribution >= 4 is 22.9 Å². The van der Waals surface area contributed by atoms with Gasteiger partial charge in [-0.25, -0.2) is 0 Å².